The summed E-state index contributed by atoms with van der Waals surface area (Å²) < 4.78 is 5.67. The zero-order valence-corrected chi connectivity index (χ0v) is 19.5. The molecule has 5 rings (SSSR count). The Morgan fingerprint density at radius 3 is 2.06 bits per heavy atom. The van der Waals surface area contributed by atoms with Crippen molar-refractivity contribution in [3.05, 3.63) is 136 Å². The third kappa shape index (κ3) is 4.30. The number of carbonyl (C=O) groups is 4. The van der Waals surface area contributed by atoms with E-state index in [1.807, 2.05) is 0 Å². The number of carbonyl (C=O) groups excluding carboxylic acids is 4. The molecule has 0 aliphatic carbocycles. The van der Waals surface area contributed by atoms with E-state index >= 15 is 0 Å². The van der Waals surface area contributed by atoms with Crippen LogP contribution < -0.4 is 4.90 Å². The lowest BCUT2D eigenvalue weighted by atomic mass is 9.99. The van der Waals surface area contributed by atoms with Crippen LogP contribution in [-0.2, 0) is 4.74 Å². The van der Waals surface area contributed by atoms with Gasteiger partial charge in [0.2, 0.25) is 5.78 Å². The number of fused-ring (bicyclic) bond motifs is 1. The minimum absolute atomic E-state index is 0.0460. The van der Waals surface area contributed by atoms with Gasteiger partial charge in [-0.05, 0) is 36.4 Å². The first-order chi connectivity index (χ1) is 17.4. The number of halogens is 1. The predicted molar refractivity (Wildman–Crippen MR) is 134 cm³/mol. The number of anilines is 1. The molecule has 1 heterocycles. The van der Waals surface area contributed by atoms with Crippen LogP contribution in [0.2, 0.25) is 5.02 Å². The molecule has 7 heteroatoms. The van der Waals surface area contributed by atoms with E-state index in [4.69, 9.17) is 16.3 Å². The average molecular weight is 496 g/mol. The van der Waals surface area contributed by atoms with Gasteiger partial charge in [-0.15, -0.1) is 0 Å². The molecule has 0 fully saturated rings. The summed E-state index contributed by atoms with van der Waals surface area (Å²) in [5.74, 6) is -2.27. The van der Waals surface area contributed by atoms with Gasteiger partial charge >= 0.3 is 5.97 Å². The molecule has 1 atom stereocenters. The zero-order chi connectivity index (χ0) is 25.2. The molecule has 0 saturated carbocycles. The lowest BCUT2D eigenvalue weighted by Crippen LogP contribution is -2.29. The number of hydrogen-bond acceptors (Lipinski definition) is 5. The highest BCUT2D eigenvalue weighted by molar-refractivity contribution is 6.35. The third-order valence-corrected chi connectivity index (χ3v) is 6.05. The number of Topliss-reactive ketones (excluding diaryl/α,β-unsaturated/α-hetero) is 1. The normalized spacial score (nSPS) is 13.3. The van der Waals surface area contributed by atoms with Gasteiger partial charge < -0.3 is 4.74 Å². The summed E-state index contributed by atoms with van der Waals surface area (Å²) in [4.78, 5) is 53.4. The Bertz CT molecular complexity index is 1500. The van der Waals surface area contributed by atoms with Crippen LogP contribution in [0.3, 0.4) is 0 Å². The van der Waals surface area contributed by atoms with Crippen LogP contribution in [0.4, 0.5) is 5.69 Å². The van der Waals surface area contributed by atoms with Crippen molar-refractivity contribution in [3.8, 4) is 0 Å². The van der Waals surface area contributed by atoms with E-state index in [0.717, 1.165) is 4.90 Å². The lowest BCUT2D eigenvalue weighted by Gasteiger charge is -2.17. The van der Waals surface area contributed by atoms with Gasteiger partial charge in [-0.1, -0.05) is 78.3 Å². The van der Waals surface area contributed by atoms with Crippen LogP contribution in [0.25, 0.3) is 0 Å². The lowest BCUT2D eigenvalue weighted by molar-refractivity contribution is 0.0280. The highest BCUT2D eigenvalue weighted by Crippen LogP contribution is 2.31. The van der Waals surface area contributed by atoms with Gasteiger partial charge in [0.05, 0.1) is 22.4 Å². The maximum absolute atomic E-state index is 13.2. The van der Waals surface area contributed by atoms with E-state index in [1.165, 1.54) is 24.3 Å². The number of ether oxygens (including phenoxy) is 1. The number of rotatable bonds is 6. The third-order valence-electron chi connectivity index (χ3n) is 5.81. The molecule has 2 amide bonds. The molecule has 0 aromatic heterocycles. The van der Waals surface area contributed by atoms with E-state index in [1.54, 1.807) is 78.9 Å². The van der Waals surface area contributed by atoms with Crippen LogP contribution in [0.5, 0.6) is 0 Å². The Balaban J connectivity index is 1.45. The second-order valence-electron chi connectivity index (χ2n) is 8.11. The summed E-state index contributed by atoms with van der Waals surface area (Å²) in [6.45, 7) is 0. The Morgan fingerprint density at radius 2 is 1.36 bits per heavy atom. The van der Waals surface area contributed by atoms with E-state index in [9.17, 15) is 19.2 Å². The molecule has 4 aromatic carbocycles. The Morgan fingerprint density at radius 1 is 0.694 bits per heavy atom. The van der Waals surface area contributed by atoms with Crippen molar-refractivity contribution in [1.82, 2.24) is 0 Å². The molecule has 0 radical (unpaired) electrons. The fourth-order valence-electron chi connectivity index (χ4n) is 4.05. The predicted octanol–water partition coefficient (Wildman–Crippen LogP) is 5.92. The van der Waals surface area contributed by atoms with Gasteiger partial charge in [-0.25, -0.2) is 9.69 Å². The summed E-state index contributed by atoms with van der Waals surface area (Å²) >= 11 is 6.03. The summed E-state index contributed by atoms with van der Waals surface area (Å²) in [6, 6.07) is 27.8. The van der Waals surface area contributed by atoms with Crippen molar-refractivity contribution in [1.29, 1.82) is 0 Å². The van der Waals surface area contributed by atoms with Crippen LogP contribution >= 0.6 is 11.6 Å². The summed E-state index contributed by atoms with van der Waals surface area (Å²) in [7, 11) is 0. The average Bonchev–Trinajstić information content (AvgIpc) is 3.16. The molecular formula is C29H18ClNO5. The number of ketones is 1. The molecule has 0 spiro atoms. The SMILES string of the molecule is O=C(OC(C(=O)c1ccccc1)c1ccccc1)c1ccc2c(c1)C(=O)N(c1cccc(Cl)c1)C2=O. The maximum Gasteiger partial charge on any atom is 0.339 e. The highest BCUT2D eigenvalue weighted by Gasteiger charge is 2.37. The van der Waals surface area contributed by atoms with Crippen molar-refractivity contribution in [2.75, 3.05) is 4.90 Å². The van der Waals surface area contributed by atoms with Gasteiger partial charge in [0, 0.05) is 16.1 Å². The van der Waals surface area contributed by atoms with Gasteiger partial charge in [0.1, 0.15) is 0 Å². The Hall–Kier alpha value is -4.55. The Labute approximate surface area is 211 Å². The summed E-state index contributed by atoms with van der Waals surface area (Å²) in [5.41, 5.74) is 1.52. The van der Waals surface area contributed by atoms with Gasteiger partial charge in [0.15, 0.2) is 6.10 Å². The summed E-state index contributed by atoms with van der Waals surface area (Å²) in [6.07, 6.45) is -1.19. The fourth-order valence-corrected chi connectivity index (χ4v) is 4.23. The highest BCUT2D eigenvalue weighted by atomic mass is 35.5. The van der Waals surface area contributed by atoms with Crippen molar-refractivity contribution >= 4 is 40.9 Å². The van der Waals surface area contributed by atoms with Crippen LogP contribution in [0, 0.1) is 0 Å². The number of nitrogens with zero attached hydrogens (tertiary/aromatic N) is 1. The van der Waals surface area contributed by atoms with E-state index in [-0.39, 0.29) is 22.5 Å². The minimum Gasteiger partial charge on any atom is -0.445 e. The molecule has 36 heavy (non-hydrogen) atoms. The molecule has 1 unspecified atom stereocenters. The van der Waals surface area contributed by atoms with Gasteiger partial charge in [-0.2, -0.15) is 0 Å². The fraction of sp³-hybridized carbons (Fsp3) is 0.0345. The van der Waals surface area contributed by atoms with E-state index in [2.05, 4.69) is 0 Å². The molecule has 1 aliphatic rings. The first-order valence-corrected chi connectivity index (χ1v) is 11.5. The summed E-state index contributed by atoms with van der Waals surface area (Å²) in [5, 5.41) is 0.378. The molecule has 0 N–H and O–H groups in total. The topological polar surface area (TPSA) is 80.8 Å². The number of imide groups is 1. The largest absolute Gasteiger partial charge is 0.445 e. The van der Waals surface area contributed by atoms with Gasteiger partial charge in [0.25, 0.3) is 11.8 Å². The standard InChI is InChI=1S/C29H18ClNO5/c30-21-12-7-13-22(17-21)31-27(33)23-15-14-20(16-24(23)28(31)34)29(35)36-26(19-10-5-2-6-11-19)25(32)18-8-3-1-4-9-18/h1-17,26H. The number of benzene rings is 4. The molecular weight excluding hydrogens is 478 g/mol. The first kappa shape index (κ1) is 23.2. The smallest absolute Gasteiger partial charge is 0.339 e. The maximum atomic E-state index is 13.2. The second kappa shape index (κ2) is 9.60. The van der Waals surface area contributed by atoms with Crippen LogP contribution in [0.15, 0.2) is 103 Å². The monoisotopic (exact) mass is 495 g/mol. The van der Waals surface area contributed by atoms with E-state index < -0.39 is 23.9 Å². The van der Waals surface area contributed by atoms with Crippen LogP contribution in [0.1, 0.15) is 53.1 Å². The Kier molecular flexibility index (Phi) is 6.19. The molecule has 0 bridgehead atoms. The second-order valence-corrected chi connectivity index (χ2v) is 8.55. The number of hydrogen-bond donors (Lipinski definition) is 0. The van der Waals surface area contributed by atoms with Crippen LogP contribution in [-0.4, -0.2) is 23.6 Å². The number of amides is 2. The quantitative estimate of drug-likeness (QED) is 0.188. The van der Waals surface area contributed by atoms with Crippen molar-refractivity contribution < 1.29 is 23.9 Å². The molecule has 4 aromatic rings. The first-order valence-electron chi connectivity index (χ1n) is 11.1. The van der Waals surface area contributed by atoms with Crippen molar-refractivity contribution in [3.63, 3.8) is 0 Å². The molecule has 1 aliphatic heterocycles. The van der Waals surface area contributed by atoms with Crippen molar-refractivity contribution in [2.24, 2.45) is 0 Å². The molecule has 6 nitrogen and oxygen atoms in total. The molecule has 0 saturated heterocycles. The van der Waals surface area contributed by atoms with Crippen molar-refractivity contribution in [2.45, 2.75) is 6.10 Å². The molecule has 176 valence electrons. The minimum atomic E-state index is -1.19. The van der Waals surface area contributed by atoms with E-state index in [0.29, 0.717) is 21.8 Å². The number of esters is 1. The van der Waals surface area contributed by atoms with Gasteiger partial charge in [-0.3, -0.25) is 14.4 Å². The zero-order valence-electron chi connectivity index (χ0n) is 18.8.